The fraction of sp³-hybridized carbons (Fsp3) is 0.263. The van der Waals surface area contributed by atoms with E-state index in [-0.39, 0.29) is 11.9 Å². The number of fused-ring (bicyclic) bond motifs is 1. The first-order valence-corrected chi connectivity index (χ1v) is 15.5. The number of amides is 1. The molecule has 218 valence electrons. The molecule has 43 heavy (non-hydrogen) atoms. The van der Waals surface area contributed by atoms with Gasteiger partial charge >= 0.3 is 0 Å². The Bertz CT molecular complexity index is 1630. The summed E-state index contributed by atoms with van der Waals surface area (Å²) in [6.07, 6.45) is 1.15. The number of benzene rings is 4. The van der Waals surface area contributed by atoms with E-state index in [0.717, 1.165) is 84.5 Å². The SMILES string of the molecule is CC[C@H](NC(=O)Cc1c(CN2CCN(Cc3ccccc3)CC2)c(-c2ccccc2)nc2ccccc12)c1ccccc1. The summed E-state index contributed by atoms with van der Waals surface area (Å²) in [5.74, 6) is 0.0417. The number of pyridine rings is 1. The maximum Gasteiger partial charge on any atom is 0.224 e. The van der Waals surface area contributed by atoms with Crippen molar-refractivity contribution in [1.29, 1.82) is 0 Å². The van der Waals surface area contributed by atoms with Gasteiger partial charge in [0.05, 0.1) is 23.7 Å². The molecule has 0 unspecified atom stereocenters. The van der Waals surface area contributed by atoms with Crippen LogP contribution in [0.15, 0.2) is 115 Å². The van der Waals surface area contributed by atoms with Crippen LogP contribution in [0, 0.1) is 0 Å². The highest BCUT2D eigenvalue weighted by Crippen LogP contribution is 2.32. The van der Waals surface area contributed by atoms with Gasteiger partial charge in [-0.2, -0.15) is 0 Å². The number of hydrogen-bond acceptors (Lipinski definition) is 4. The zero-order valence-corrected chi connectivity index (χ0v) is 25.0. The van der Waals surface area contributed by atoms with Crippen LogP contribution in [0.3, 0.4) is 0 Å². The molecular weight excluding hydrogens is 528 g/mol. The summed E-state index contributed by atoms with van der Waals surface area (Å²) in [5.41, 5.74) is 7.72. The molecule has 5 heteroatoms. The van der Waals surface area contributed by atoms with Crippen LogP contribution in [-0.4, -0.2) is 46.9 Å². The van der Waals surface area contributed by atoms with Crippen molar-refractivity contribution >= 4 is 16.8 Å². The molecule has 1 atom stereocenters. The summed E-state index contributed by atoms with van der Waals surface area (Å²) in [6.45, 7) is 7.85. The Morgan fingerprint density at radius 1 is 0.721 bits per heavy atom. The first-order chi connectivity index (χ1) is 21.2. The molecule has 0 spiro atoms. The van der Waals surface area contributed by atoms with Crippen molar-refractivity contribution in [3.8, 4) is 11.3 Å². The molecule has 5 aromatic rings. The van der Waals surface area contributed by atoms with Crippen LogP contribution >= 0.6 is 0 Å². The summed E-state index contributed by atoms with van der Waals surface area (Å²) in [7, 11) is 0. The number of nitrogens with one attached hydrogen (secondary N) is 1. The number of piperazine rings is 1. The number of carbonyl (C=O) groups excluding carboxylic acids is 1. The maximum atomic E-state index is 13.8. The monoisotopic (exact) mass is 568 g/mol. The van der Waals surface area contributed by atoms with Crippen molar-refractivity contribution in [2.75, 3.05) is 26.2 Å². The summed E-state index contributed by atoms with van der Waals surface area (Å²) in [4.78, 5) is 24.0. The average Bonchev–Trinajstić information content (AvgIpc) is 3.06. The smallest absolute Gasteiger partial charge is 0.224 e. The molecule has 4 aromatic carbocycles. The molecule has 0 radical (unpaired) electrons. The maximum absolute atomic E-state index is 13.8. The van der Waals surface area contributed by atoms with Crippen LogP contribution < -0.4 is 5.32 Å². The lowest BCUT2D eigenvalue weighted by molar-refractivity contribution is -0.121. The van der Waals surface area contributed by atoms with Gasteiger partial charge in [0, 0.05) is 50.2 Å². The van der Waals surface area contributed by atoms with Crippen LogP contribution in [0.25, 0.3) is 22.2 Å². The number of para-hydroxylation sites is 1. The number of hydrogen-bond donors (Lipinski definition) is 1. The quantitative estimate of drug-likeness (QED) is 0.197. The lowest BCUT2D eigenvalue weighted by Crippen LogP contribution is -2.45. The van der Waals surface area contributed by atoms with Crippen molar-refractivity contribution in [2.24, 2.45) is 0 Å². The minimum Gasteiger partial charge on any atom is -0.349 e. The number of rotatable bonds is 10. The molecule has 0 bridgehead atoms. The van der Waals surface area contributed by atoms with E-state index in [1.165, 1.54) is 5.56 Å². The Balaban J connectivity index is 1.30. The fourth-order valence-electron chi connectivity index (χ4n) is 6.21. The van der Waals surface area contributed by atoms with Gasteiger partial charge < -0.3 is 5.32 Å². The molecule has 2 heterocycles. The van der Waals surface area contributed by atoms with E-state index in [0.29, 0.717) is 6.42 Å². The van der Waals surface area contributed by atoms with Crippen molar-refractivity contribution in [1.82, 2.24) is 20.1 Å². The van der Waals surface area contributed by atoms with E-state index < -0.39 is 0 Å². The number of nitrogens with zero attached hydrogens (tertiary/aromatic N) is 3. The summed E-state index contributed by atoms with van der Waals surface area (Å²) in [5, 5.41) is 4.39. The molecule has 6 rings (SSSR count). The van der Waals surface area contributed by atoms with Gasteiger partial charge in [-0.25, -0.2) is 4.98 Å². The molecular formula is C38H40N4O. The molecule has 0 aliphatic carbocycles. The molecule has 1 N–H and O–H groups in total. The van der Waals surface area contributed by atoms with E-state index >= 15 is 0 Å². The minimum absolute atomic E-state index is 0.0171. The Morgan fingerprint density at radius 3 is 1.98 bits per heavy atom. The van der Waals surface area contributed by atoms with Crippen LogP contribution in [-0.2, 0) is 24.3 Å². The van der Waals surface area contributed by atoms with Crippen molar-refractivity contribution in [3.05, 3.63) is 138 Å². The lowest BCUT2D eigenvalue weighted by Gasteiger charge is -2.35. The third-order valence-electron chi connectivity index (χ3n) is 8.54. The van der Waals surface area contributed by atoms with Gasteiger partial charge in [0.2, 0.25) is 5.91 Å². The summed E-state index contributed by atoms with van der Waals surface area (Å²) >= 11 is 0. The third kappa shape index (κ3) is 7.02. The molecule has 1 fully saturated rings. The molecule has 1 saturated heterocycles. The van der Waals surface area contributed by atoms with Crippen molar-refractivity contribution < 1.29 is 4.79 Å². The molecule has 5 nitrogen and oxygen atoms in total. The molecule has 0 saturated carbocycles. The highest BCUT2D eigenvalue weighted by atomic mass is 16.1. The zero-order chi connectivity index (χ0) is 29.4. The van der Waals surface area contributed by atoms with Crippen LogP contribution in [0.5, 0.6) is 0 Å². The largest absolute Gasteiger partial charge is 0.349 e. The van der Waals surface area contributed by atoms with Gasteiger partial charge in [0.1, 0.15) is 0 Å². The lowest BCUT2D eigenvalue weighted by atomic mass is 9.93. The number of aromatic nitrogens is 1. The van der Waals surface area contributed by atoms with E-state index in [1.807, 2.05) is 30.3 Å². The van der Waals surface area contributed by atoms with E-state index in [1.54, 1.807) is 0 Å². The minimum atomic E-state index is -0.0171. The number of carbonyl (C=O) groups is 1. The molecule has 1 aromatic heterocycles. The second-order valence-corrected chi connectivity index (χ2v) is 11.5. The highest BCUT2D eigenvalue weighted by molar-refractivity contribution is 5.92. The van der Waals surface area contributed by atoms with Gasteiger partial charge in [-0.15, -0.1) is 0 Å². The first kappa shape index (κ1) is 28.8. The van der Waals surface area contributed by atoms with Crippen molar-refractivity contribution in [3.63, 3.8) is 0 Å². The predicted molar refractivity (Wildman–Crippen MR) is 175 cm³/mol. The normalized spacial score (nSPS) is 14.9. The van der Waals surface area contributed by atoms with E-state index in [2.05, 4.69) is 107 Å². The standard InChI is InChI=1S/C38H40N4O/c1-2-35(30-16-8-4-9-17-30)39-37(43)26-33-32-20-12-13-21-36(32)40-38(31-18-10-5-11-19-31)34(33)28-42-24-22-41(23-25-42)27-29-14-6-3-7-15-29/h3-21,35H,2,22-28H2,1H3,(H,39,43)/t35-/m0/s1. The Kier molecular flexibility index (Phi) is 9.22. The molecule has 1 aliphatic heterocycles. The van der Waals surface area contributed by atoms with Crippen molar-refractivity contribution in [2.45, 2.75) is 38.9 Å². The van der Waals surface area contributed by atoms with Gasteiger partial charge in [-0.05, 0) is 34.7 Å². The van der Waals surface area contributed by atoms with Gasteiger partial charge in [0.25, 0.3) is 0 Å². The Hall–Kier alpha value is -4.32. The summed E-state index contributed by atoms with van der Waals surface area (Å²) in [6, 6.07) is 39.7. The Morgan fingerprint density at radius 2 is 1.30 bits per heavy atom. The van der Waals surface area contributed by atoms with Crippen LogP contribution in [0.4, 0.5) is 0 Å². The molecule has 1 aliphatic rings. The first-order valence-electron chi connectivity index (χ1n) is 15.5. The average molecular weight is 569 g/mol. The second kappa shape index (κ2) is 13.8. The van der Waals surface area contributed by atoms with Gasteiger partial charge in [-0.1, -0.05) is 116 Å². The van der Waals surface area contributed by atoms with E-state index in [9.17, 15) is 4.79 Å². The predicted octanol–water partition coefficient (Wildman–Crippen LogP) is 7.03. The fourth-order valence-corrected chi connectivity index (χ4v) is 6.21. The topological polar surface area (TPSA) is 48.5 Å². The zero-order valence-electron chi connectivity index (χ0n) is 25.0. The third-order valence-corrected chi connectivity index (χ3v) is 8.54. The van der Waals surface area contributed by atoms with Crippen LogP contribution in [0.2, 0.25) is 0 Å². The summed E-state index contributed by atoms with van der Waals surface area (Å²) < 4.78 is 0. The molecule has 1 amide bonds. The van der Waals surface area contributed by atoms with Crippen LogP contribution in [0.1, 0.15) is 41.6 Å². The van der Waals surface area contributed by atoms with Gasteiger partial charge in [0.15, 0.2) is 0 Å². The van der Waals surface area contributed by atoms with Gasteiger partial charge in [-0.3, -0.25) is 14.6 Å². The van der Waals surface area contributed by atoms with E-state index in [4.69, 9.17) is 4.98 Å². The highest BCUT2D eigenvalue weighted by Gasteiger charge is 2.24. The second-order valence-electron chi connectivity index (χ2n) is 11.5. The Labute approximate surface area is 255 Å².